The van der Waals surface area contributed by atoms with Gasteiger partial charge in [-0.15, -0.1) is 11.8 Å². The van der Waals surface area contributed by atoms with E-state index in [2.05, 4.69) is 15.9 Å². The summed E-state index contributed by atoms with van der Waals surface area (Å²) in [6.45, 7) is 5.78. The van der Waals surface area contributed by atoms with E-state index in [-0.39, 0.29) is 26.8 Å². The summed E-state index contributed by atoms with van der Waals surface area (Å²) in [7, 11) is 0. The fraction of sp³-hybridized carbons (Fsp3) is 0.471. The van der Waals surface area contributed by atoms with Crippen LogP contribution in [-0.4, -0.2) is 48.7 Å². The number of halogens is 1. The normalized spacial score (nSPS) is 30.5. The number of hydrogen-bond acceptors (Lipinski definition) is 5. The van der Waals surface area contributed by atoms with Crippen molar-refractivity contribution in [2.24, 2.45) is 0 Å². The highest BCUT2D eigenvalue weighted by Gasteiger charge is 2.66. The van der Waals surface area contributed by atoms with E-state index in [4.69, 9.17) is 17.0 Å². The van der Waals surface area contributed by atoms with Crippen molar-refractivity contribution in [2.45, 2.75) is 41.3 Å². The summed E-state index contributed by atoms with van der Waals surface area (Å²) in [5.74, 6) is -0.606. The highest BCUT2D eigenvalue weighted by atomic mass is 79.9. The molecule has 0 bridgehead atoms. The Morgan fingerprint density at radius 1 is 1.29 bits per heavy atom. The van der Waals surface area contributed by atoms with Gasteiger partial charge in [-0.1, -0.05) is 58.5 Å². The third-order valence-electron chi connectivity index (χ3n) is 4.39. The van der Waals surface area contributed by atoms with Crippen molar-refractivity contribution in [3.8, 4) is 0 Å². The van der Waals surface area contributed by atoms with Crippen LogP contribution < -0.4 is 0 Å². The lowest BCUT2D eigenvalue weighted by atomic mass is 9.93. The Bertz CT molecular complexity index is 705. The van der Waals surface area contributed by atoms with Crippen LogP contribution in [0.5, 0.6) is 0 Å². The summed E-state index contributed by atoms with van der Waals surface area (Å²) in [6.07, 6.45) is 0. The van der Waals surface area contributed by atoms with E-state index < -0.39 is 12.0 Å². The number of thiocarbonyl (C=S) groups is 1. The zero-order chi connectivity index (χ0) is 17.7. The molecule has 24 heavy (non-hydrogen) atoms. The molecule has 0 radical (unpaired) electrons. The Hall–Kier alpha value is -0.920. The van der Waals surface area contributed by atoms with Crippen LogP contribution in [0.3, 0.4) is 0 Å². The highest BCUT2D eigenvalue weighted by Crippen LogP contribution is 2.58. The van der Waals surface area contributed by atoms with E-state index in [0.29, 0.717) is 10.6 Å². The number of hydrogen-bond donors (Lipinski definition) is 0. The number of nitrogens with zero attached hydrogens (tertiary/aromatic N) is 1. The fourth-order valence-corrected chi connectivity index (χ4v) is 5.84. The minimum absolute atomic E-state index is 0.0994. The molecule has 3 atom stereocenters. The Morgan fingerprint density at radius 2 is 1.92 bits per heavy atom. The molecule has 0 N–H and O–H groups in total. The first kappa shape index (κ1) is 17.9. The molecule has 2 heterocycles. The fourth-order valence-electron chi connectivity index (χ4n) is 3.09. The Morgan fingerprint density at radius 3 is 2.54 bits per heavy atom. The second-order valence-corrected chi connectivity index (χ2v) is 10.4. The van der Waals surface area contributed by atoms with Crippen molar-refractivity contribution in [1.82, 2.24) is 4.90 Å². The van der Waals surface area contributed by atoms with Crippen LogP contribution >= 0.6 is 39.9 Å². The van der Waals surface area contributed by atoms with Crippen LogP contribution in [0, 0.1) is 0 Å². The third-order valence-corrected chi connectivity index (χ3v) is 8.15. The Balaban J connectivity index is 1.69. The zero-order valence-electron chi connectivity index (χ0n) is 13.6. The molecule has 3 rings (SSSR count). The molecule has 0 saturated carbocycles. The SMILES string of the molecule is CC1(C)S[C@H]2N(C(=S)C2(C)Br)[C@H]1C(=O)OCC(=O)c1ccccc1. The van der Waals surface area contributed by atoms with Gasteiger partial charge in [0.25, 0.3) is 0 Å². The van der Waals surface area contributed by atoms with E-state index in [1.807, 2.05) is 31.7 Å². The highest BCUT2D eigenvalue weighted by molar-refractivity contribution is 9.10. The van der Waals surface area contributed by atoms with Crippen LogP contribution in [0.2, 0.25) is 0 Å². The summed E-state index contributed by atoms with van der Waals surface area (Å²) >= 11 is 10.8. The van der Waals surface area contributed by atoms with E-state index >= 15 is 0 Å². The standard InChI is InChI=1S/C17H18BrNO3S2/c1-16(2)12(19-14(23)17(3,18)15(19)24-16)13(21)22-9-11(20)10-7-5-4-6-8-10/h4-8,12,15H,9H2,1-3H3/t12-,15+,17?/m0/s1. The van der Waals surface area contributed by atoms with Gasteiger partial charge in [-0.3, -0.25) is 4.79 Å². The maximum absolute atomic E-state index is 12.6. The topological polar surface area (TPSA) is 46.6 Å². The van der Waals surface area contributed by atoms with E-state index in [1.165, 1.54) is 0 Å². The molecule has 1 aromatic rings. The largest absolute Gasteiger partial charge is 0.456 e. The Labute approximate surface area is 159 Å². The van der Waals surface area contributed by atoms with Gasteiger partial charge in [-0.2, -0.15) is 0 Å². The van der Waals surface area contributed by atoms with Crippen LogP contribution in [-0.2, 0) is 9.53 Å². The molecule has 7 heteroatoms. The monoisotopic (exact) mass is 427 g/mol. The first-order chi connectivity index (χ1) is 11.2. The third kappa shape index (κ3) is 2.80. The number of carbonyl (C=O) groups is 2. The number of ketones is 1. The van der Waals surface area contributed by atoms with Gasteiger partial charge in [0.2, 0.25) is 0 Å². The lowest BCUT2D eigenvalue weighted by Gasteiger charge is -2.51. The summed E-state index contributed by atoms with van der Waals surface area (Å²) in [6, 6.07) is 8.35. The minimum Gasteiger partial charge on any atom is -0.456 e. The number of Topliss-reactive ketones (excluding diaryl/α,β-unsaturated/α-hetero) is 1. The van der Waals surface area contributed by atoms with Crippen LogP contribution in [0.1, 0.15) is 31.1 Å². The van der Waals surface area contributed by atoms with Crippen LogP contribution in [0.4, 0.5) is 0 Å². The number of carbonyl (C=O) groups excluding carboxylic acids is 2. The van der Waals surface area contributed by atoms with Gasteiger partial charge in [0.1, 0.15) is 10.4 Å². The molecule has 1 aromatic carbocycles. The lowest BCUT2D eigenvalue weighted by molar-refractivity contribution is -0.148. The average molecular weight is 428 g/mol. The van der Waals surface area contributed by atoms with E-state index in [0.717, 1.165) is 0 Å². The predicted octanol–water partition coefficient (Wildman–Crippen LogP) is 3.43. The summed E-state index contributed by atoms with van der Waals surface area (Å²) < 4.78 is 4.71. The van der Waals surface area contributed by atoms with E-state index in [9.17, 15) is 9.59 Å². The molecule has 2 aliphatic rings. The molecule has 2 aliphatic heterocycles. The minimum atomic E-state index is -0.478. The number of rotatable bonds is 4. The number of thioether (sulfide) groups is 1. The van der Waals surface area contributed by atoms with Gasteiger partial charge in [0.15, 0.2) is 12.4 Å². The predicted molar refractivity (Wildman–Crippen MR) is 103 cm³/mol. The second-order valence-electron chi connectivity index (χ2n) is 6.66. The number of ether oxygens (including phenoxy) is 1. The smallest absolute Gasteiger partial charge is 0.330 e. The Kier molecular flexibility index (Phi) is 4.55. The molecule has 0 aliphatic carbocycles. The molecule has 128 valence electrons. The van der Waals surface area contributed by atoms with Crippen molar-refractivity contribution in [1.29, 1.82) is 0 Å². The van der Waals surface area contributed by atoms with Gasteiger partial charge in [-0.25, -0.2) is 4.79 Å². The molecule has 4 nitrogen and oxygen atoms in total. The number of alkyl halides is 1. The number of benzene rings is 1. The van der Waals surface area contributed by atoms with Crippen molar-refractivity contribution in [2.75, 3.05) is 6.61 Å². The van der Waals surface area contributed by atoms with Gasteiger partial charge >= 0.3 is 5.97 Å². The number of esters is 1. The average Bonchev–Trinajstić information content (AvgIpc) is 2.83. The molecule has 0 aromatic heterocycles. The maximum Gasteiger partial charge on any atom is 0.330 e. The molecule has 0 spiro atoms. The number of fused-ring (bicyclic) bond motifs is 1. The van der Waals surface area contributed by atoms with Gasteiger partial charge in [0, 0.05) is 10.3 Å². The molecular weight excluding hydrogens is 410 g/mol. The van der Waals surface area contributed by atoms with Crippen LogP contribution in [0.25, 0.3) is 0 Å². The van der Waals surface area contributed by atoms with Crippen molar-refractivity contribution < 1.29 is 14.3 Å². The van der Waals surface area contributed by atoms with Crippen molar-refractivity contribution in [3.05, 3.63) is 35.9 Å². The molecular formula is C17H18BrNO3S2. The van der Waals surface area contributed by atoms with E-state index in [1.54, 1.807) is 36.0 Å². The second kappa shape index (κ2) is 6.11. The lowest BCUT2D eigenvalue weighted by Crippen LogP contribution is -2.68. The molecule has 2 saturated heterocycles. The zero-order valence-corrected chi connectivity index (χ0v) is 16.8. The van der Waals surface area contributed by atoms with Gasteiger partial charge in [0.05, 0.1) is 10.4 Å². The molecule has 2 fully saturated rings. The first-order valence-electron chi connectivity index (χ1n) is 7.60. The summed E-state index contributed by atoms with van der Waals surface area (Å²) in [5, 5.41) is 0.0994. The maximum atomic E-state index is 12.6. The quantitative estimate of drug-likeness (QED) is 0.317. The first-order valence-corrected chi connectivity index (χ1v) is 9.69. The molecule has 0 amide bonds. The van der Waals surface area contributed by atoms with Crippen LogP contribution in [0.15, 0.2) is 30.3 Å². The van der Waals surface area contributed by atoms with Crippen molar-refractivity contribution in [3.63, 3.8) is 0 Å². The van der Waals surface area contributed by atoms with Gasteiger partial charge in [-0.05, 0) is 20.8 Å². The van der Waals surface area contributed by atoms with Gasteiger partial charge < -0.3 is 9.64 Å². The summed E-state index contributed by atoms with van der Waals surface area (Å²) in [4.78, 5) is 27.4. The van der Waals surface area contributed by atoms with Crippen molar-refractivity contribution >= 4 is 56.7 Å². The summed E-state index contributed by atoms with van der Waals surface area (Å²) in [5.41, 5.74) is 0.538. The molecule has 1 unspecified atom stereocenters.